The number of hydrogen-bond donors (Lipinski definition) is 3. The fraction of sp³-hybridized carbons (Fsp3) is 0.222. The van der Waals surface area contributed by atoms with E-state index in [0.29, 0.717) is 5.56 Å². The summed E-state index contributed by atoms with van der Waals surface area (Å²) in [5.74, 6) is 0. The van der Waals surface area contributed by atoms with Gasteiger partial charge in [-0.25, -0.2) is 4.68 Å². The highest BCUT2D eigenvalue weighted by molar-refractivity contribution is 14.1. The Morgan fingerprint density at radius 3 is 1.71 bits per heavy atom. The first kappa shape index (κ1) is 27.8. The molecule has 2 atom stereocenters. The monoisotopic (exact) mass is 579 g/mol. The van der Waals surface area contributed by atoms with E-state index in [1.165, 1.54) is 12.8 Å². The molecule has 180 valence electrons. The lowest BCUT2D eigenvalue weighted by atomic mass is 9.92. The minimum atomic E-state index is 0.281. The maximum absolute atomic E-state index is 8.59. The molecular formula is C27H30IN7. The molecule has 1 aliphatic carbocycles. The summed E-state index contributed by atoms with van der Waals surface area (Å²) in [5.41, 5.74) is 13.6. The Labute approximate surface area is 220 Å². The molecule has 2 aromatic carbocycles. The van der Waals surface area contributed by atoms with Crippen LogP contribution in [-0.2, 0) is 0 Å². The van der Waals surface area contributed by atoms with Gasteiger partial charge in [0.25, 0.3) is 0 Å². The number of nitrogens with one attached hydrogen (secondary N) is 1. The second-order valence-corrected chi connectivity index (χ2v) is 8.97. The van der Waals surface area contributed by atoms with E-state index in [1.54, 1.807) is 23.0 Å². The second kappa shape index (κ2) is 16.2. The Balaban J connectivity index is 0.000000173. The topological polar surface area (TPSA) is 133 Å². The predicted molar refractivity (Wildman–Crippen MR) is 147 cm³/mol. The summed E-state index contributed by atoms with van der Waals surface area (Å²) >= 11 is 2.20. The van der Waals surface area contributed by atoms with Crippen LogP contribution in [0.15, 0.2) is 91.5 Å². The number of rotatable bonds is 1. The van der Waals surface area contributed by atoms with Gasteiger partial charge in [-0.05, 0) is 102 Å². The summed E-state index contributed by atoms with van der Waals surface area (Å²) in [4.78, 5) is 2.86. The molecule has 5 rings (SSSR count). The number of halogens is 1. The summed E-state index contributed by atoms with van der Waals surface area (Å²) in [7, 11) is 0. The van der Waals surface area contributed by atoms with Gasteiger partial charge in [-0.3, -0.25) is 0 Å². The zero-order valence-electron chi connectivity index (χ0n) is 19.5. The minimum Gasteiger partial charge on any atom is -0.368 e. The van der Waals surface area contributed by atoms with Gasteiger partial charge < -0.3 is 16.5 Å². The first-order valence-corrected chi connectivity index (χ1v) is 12.4. The molecule has 2 heterocycles. The molecule has 2 aromatic heterocycles. The Kier molecular flexibility index (Phi) is 12.9. The van der Waals surface area contributed by atoms with Crippen LogP contribution in [-0.4, -0.2) is 26.8 Å². The normalized spacial score (nSPS) is 15.9. The van der Waals surface area contributed by atoms with E-state index in [1.807, 2.05) is 73.2 Å². The molecule has 8 heteroatoms. The van der Waals surface area contributed by atoms with E-state index >= 15 is 0 Å². The molecule has 0 spiro atoms. The quantitative estimate of drug-likeness (QED) is 0.269. The van der Waals surface area contributed by atoms with Crippen molar-refractivity contribution in [3.05, 3.63) is 106 Å². The molecule has 0 saturated heterocycles. The lowest BCUT2D eigenvalue weighted by molar-refractivity contribution is 0.385. The minimum absolute atomic E-state index is 0.281. The van der Waals surface area contributed by atoms with Crippen LogP contribution in [0.25, 0.3) is 5.69 Å². The van der Waals surface area contributed by atoms with E-state index in [2.05, 4.69) is 44.8 Å². The second-order valence-electron chi connectivity index (χ2n) is 7.73. The summed E-state index contributed by atoms with van der Waals surface area (Å²) in [6.45, 7) is 0. The van der Waals surface area contributed by atoms with Crippen LogP contribution in [0.5, 0.6) is 0 Å². The van der Waals surface area contributed by atoms with E-state index in [-0.39, 0.29) is 12.1 Å². The van der Waals surface area contributed by atoms with Gasteiger partial charge in [-0.15, -0.1) is 0 Å². The van der Waals surface area contributed by atoms with Crippen molar-refractivity contribution in [3.63, 3.8) is 0 Å². The highest BCUT2D eigenvalue weighted by Gasteiger charge is 2.16. The maximum atomic E-state index is 8.59. The Morgan fingerprint density at radius 2 is 1.34 bits per heavy atom. The van der Waals surface area contributed by atoms with Crippen molar-refractivity contribution in [3.8, 4) is 17.8 Å². The molecule has 0 amide bonds. The van der Waals surface area contributed by atoms with Crippen molar-refractivity contribution in [2.45, 2.75) is 37.8 Å². The van der Waals surface area contributed by atoms with E-state index in [9.17, 15) is 0 Å². The van der Waals surface area contributed by atoms with Crippen molar-refractivity contribution < 1.29 is 0 Å². The molecule has 0 aliphatic heterocycles. The third-order valence-corrected chi connectivity index (χ3v) is 5.83. The molecule has 4 aromatic rings. The maximum Gasteiger partial charge on any atom is 0.0991 e. The summed E-state index contributed by atoms with van der Waals surface area (Å²) < 4.78 is 2.91. The fourth-order valence-corrected chi connectivity index (χ4v) is 3.46. The van der Waals surface area contributed by atoms with Crippen LogP contribution < -0.4 is 11.5 Å². The molecule has 1 fully saturated rings. The van der Waals surface area contributed by atoms with E-state index in [4.69, 9.17) is 22.0 Å². The van der Waals surface area contributed by atoms with Gasteiger partial charge in [0.05, 0.1) is 29.0 Å². The molecular weight excluding hydrogens is 549 g/mol. The number of benzene rings is 2. The van der Waals surface area contributed by atoms with Gasteiger partial charge in [0.15, 0.2) is 0 Å². The lowest BCUT2D eigenvalue weighted by Gasteiger charge is -2.24. The lowest BCUT2D eigenvalue weighted by Crippen LogP contribution is -2.43. The molecule has 5 N–H and O–H groups in total. The highest BCUT2D eigenvalue weighted by Crippen LogP contribution is 2.14. The van der Waals surface area contributed by atoms with Crippen LogP contribution in [0.2, 0.25) is 0 Å². The molecule has 7 nitrogen and oxygen atoms in total. The van der Waals surface area contributed by atoms with Crippen LogP contribution in [0.1, 0.15) is 36.8 Å². The summed E-state index contributed by atoms with van der Waals surface area (Å²) in [5, 5.41) is 21.0. The number of aromatic amines is 1. The van der Waals surface area contributed by atoms with Gasteiger partial charge in [-0.1, -0.05) is 12.8 Å². The number of hydrogen-bond acceptors (Lipinski definition) is 5. The number of nitriles is 2. The largest absolute Gasteiger partial charge is 0.368 e. The summed E-state index contributed by atoms with van der Waals surface area (Å²) in [6.07, 6.45) is 12.1. The van der Waals surface area contributed by atoms with Crippen LogP contribution in [0, 0.1) is 26.2 Å². The molecule has 1 aliphatic rings. The molecule has 35 heavy (non-hydrogen) atoms. The average Bonchev–Trinajstić information content (AvgIpc) is 3.65. The van der Waals surface area contributed by atoms with Gasteiger partial charge in [0, 0.05) is 40.4 Å². The van der Waals surface area contributed by atoms with Crippen LogP contribution in [0.4, 0.5) is 0 Å². The zero-order chi connectivity index (χ0) is 25.3. The van der Waals surface area contributed by atoms with E-state index < -0.39 is 0 Å². The van der Waals surface area contributed by atoms with Gasteiger partial charge in [-0.2, -0.15) is 15.6 Å². The van der Waals surface area contributed by atoms with Crippen LogP contribution >= 0.6 is 22.6 Å². The molecule has 0 bridgehead atoms. The van der Waals surface area contributed by atoms with Gasteiger partial charge >= 0.3 is 0 Å². The van der Waals surface area contributed by atoms with Crippen molar-refractivity contribution in [1.29, 1.82) is 10.5 Å². The third kappa shape index (κ3) is 11.0. The first-order chi connectivity index (χ1) is 17.0. The highest BCUT2D eigenvalue weighted by atomic mass is 127. The molecule has 0 radical (unpaired) electrons. The zero-order valence-corrected chi connectivity index (χ0v) is 21.6. The average molecular weight is 579 g/mol. The standard InChI is InChI=1S/C10H7N3.C7H4IN.C6H14N2.C4H5N/c11-8-9-2-4-10(5-3-9)13-7-1-6-12-13;8-7-3-1-6(5-9)2-4-7;7-5-3-1-2-4-6(5)8;1-2-4-5-3-1/h1-7H;1-4H;5-6H,1-4,7-8H2;1-5H/t;;5-,6-;/m..0./s1. The van der Waals surface area contributed by atoms with Crippen molar-refractivity contribution in [1.82, 2.24) is 14.8 Å². The summed E-state index contributed by atoms with van der Waals surface area (Å²) in [6, 6.07) is 25.2. The Bertz CT molecular complexity index is 1110. The van der Waals surface area contributed by atoms with Gasteiger partial charge in [0.2, 0.25) is 0 Å². The van der Waals surface area contributed by atoms with Crippen molar-refractivity contribution in [2.75, 3.05) is 0 Å². The number of nitrogens with two attached hydrogens (primary N) is 2. The molecule has 1 saturated carbocycles. The van der Waals surface area contributed by atoms with Crippen LogP contribution in [0.3, 0.4) is 0 Å². The SMILES string of the molecule is N#Cc1ccc(-n2cccn2)cc1.N#Cc1ccc(I)cc1.N[C@H]1CCCC[C@@H]1N.c1cc[nH]c1. The van der Waals surface area contributed by atoms with Crippen molar-refractivity contribution in [2.24, 2.45) is 11.5 Å². The number of nitrogens with zero attached hydrogens (tertiary/aromatic N) is 4. The number of H-pyrrole nitrogens is 1. The fourth-order valence-electron chi connectivity index (χ4n) is 3.10. The molecule has 0 unspecified atom stereocenters. The Hall–Kier alpha value is -3.44. The van der Waals surface area contributed by atoms with Crippen molar-refractivity contribution >= 4 is 22.6 Å². The van der Waals surface area contributed by atoms with Gasteiger partial charge in [0.1, 0.15) is 0 Å². The van der Waals surface area contributed by atoms with E-state index in [0.717, 1.165) is 27.7 Å². The number of aromatic nitrogens is 3. The smallest absolute Gasteiger partial charge is 0.0991 e. The first-order valence-electron chi connectivity index (χ1n) is 11.3. The predicted octanol–water partition coefficient (Wildman–Crippen LogP) is 5.14. The Morgan fingerprint density at radius 1 is 0.829 bits per heavy atom. The third-order valence-electron chi connectivity index (χ3n) is 5.11.